The molecule has 6 heteroatoms. The fourth-order valence-electron chi connectivity index (χ4n) is 2.62. The van der Waals surface area contributed by atoms with Crippen molar-refractivity contribution in [2.24, 2.45) is 4.99 Å². The summed E-state index contributed by atoms with van der Waals surface area (Å²) in [6.07, 6.45) is 1.70. The van der Waals surface area contributed by atoms with Crippen LogP contribution in [-0.2, 0) is 4.79 Å². The van der Waals surface area contributed by atoms with Gasteiger partial charge in [0.25, 0.3) is 5.91 Å². The van der Waals surface area contributed by atoms with E-state index in [4.69, 9.17) is 27.6 Å². The molecule has 4 rings (SSSR count). The number of hydrogen-bond acceptors (Lipinski definition) is 3. The number of aryl methyl sites for hydroxylation is 1. The zero-order valence-corrected chi connectivity index (χ0v) is 16.5. The molecule has 1 aromatic heterocycles. The Morgan fingerprint density at radius 2 is 1.81 bits per heavy atom. The molecule has 0 saturated carbocycles. The summed E-state index contributed by atoms with van der Waals surface area (Å²) in [7, 11) is 0. The first-order chi connectivity index (χ1) is 13.0. The van der Waals surface area contributed by atoms with Crippen LogP contribution in [0.3, 0.4) is 0 Å². The Hall–Kier alpha value is -2.27. The fraction of sp³-hybridized carbons (Fsp3) is 0.0476. The van der Waals surface area contributed by atoms with Gasteiger partial charge in [0, 0.05) is 22.2 Å². The number of benzene rings is 2. The molecule has 0 radical (unpaired) electrons. The smallest absolute Gasteiger partial charge is 0.285 e. The topological polar surface area (TPSA) is 42.6 Å². The Morgan fingerprint density at radius 1 is 1.04 bits per heavy atom. The SMILES string of the molecule is Cc1ccc(C2=NC(=O)C(=Cc3ccc(-c4ccc(Cl)cc4Cl)o3)S2)cc1. The van der Waals surface area contributed by atoms with Crippen LogP contribution < -0.4 is 0 Å². The molecule has 0 N–H and O–H groups in total. The second-order valence-electron chi connectivity index (χ2n) is 6.02. The number of amides is 1. The van der Waals surface area contributed by atoms with E-state index in [9.17, 15) is 4.79 Å². The first-order valence-corrected chi connectivity index (χ1v) is 9.72. The van der Waals surface area contributed by atoms with Crippen LogP contribution in [0.2, 0.25) is 10.0 Å². The van der Waals surface area contributed by atoms with E-state index in [1.807, 2.05) is 37.3 Å². The van der Waals surface area contributed by atoms with E-state index in [1.165, 1.54) is 11.8 Å². The van der Waals surface area contributed by atoms with Crippen LogP contribution in [0.15, 0.2) is 68.9 Å². The minimum absolute atomic E-state index is 0.266. The predicted molar refractivity (Wildman–Crippen MR) is 112 cm³/mol. The molecule has 2 heterocycles. The lowest BCUT2D eigenvalue weighted by Gasteiger charge is -2.01. The molecule has 0 unspecified atom stereocenters. The van der Waals surface area contributed by atoms with Gasteiger partial charge in [-0.1, -0.05) is 64.8 Å². The van der Waals surface area contributed by atoms with Crippen molar-refractivity contribution in [1.29, 1.82) is 0 Å². The second kappa shape index (κ2) is 7.39. The molecule has 0 bridgehead atoms. The molecule has 0 spiro atoms. The van der Waals surface area contributed by atoms with E-state index in [1.54, 1.807) is 30.3 Å². The largest absolute Gasteiger partial charge is 0.457 e. The van der Waals surface area contributed by atoms with Crippen LogP contribution in [0.1, 0.15) is 16.9 Å². The second-order valence-corrected chi connectivity index (χ2v) is 7.90. The maximum atomic E-state index is 12.2. The van der Waals surface area contributed by atoms with Gasteiger partial charge in [-0.3, -0.25) is 4.79 Å². The Kier molecular flexibility index (Phi) is 4.96. The van der Waals surface area contributed by atoms with E-state index in [2.05, 4.69) is 4.99 Å². The maximum absolute atomic E-state index is 12.2. The van der Waals surface area contributed by atoms with Crippen LogP contribution >= 0.6 is 35.0 Å². The van der Waals surface area contributed by atoms with Crippen LogP contribution in [0.5, 0.6) is 0 Å². The van der Waals surface area contributed by atoms with Gasteiger partial charge in [0.05, 0.1) is 9.93 Å². The van der Waals surface area contributed by atoms with E-state index in [0.29, 0.717) is 31.5 Å². The molecule has 3 aromatic rings. The molecule has 0 fully saturated rings. The lowest BCUT2D eigenvalue weighted by Crippen LogP contribution is -1.90. The lowest BCUT2D eigenvalue weighted by molar-refractivity contribution is -0.113. The van der Waals surface area contributed by atoms with Gasteiger partial charge < -0.3 is 4.42 Å². The van der Waals surface area contributed by atoms with Gasteiger partial charge in [-0.25, -0.2) is 4.99 Å². The number of aliphatic imine (C=N–C) groups is 1. The molecular formula is C21H13Cl2NO2S. The van der Waals surface area contributed by atoms with Gasteiger partial charge in [0.15, 0.2) is 0 Å². The Bertz CT molecular complexity index is 1100. The number of halogens is 2. The highest BCUT2D eigenvalue weighted by atomic mass is 35.5. The van der Waals surface area contributed by atoms with Gasteiger partial charge in [-0.15, -0.1) is 0 Å². The molecule has 0 saturated heterocycles. The molecule has 134 valence electrons. The Morgan fingerprint density at radius 3 is 2.56 bits per heavy atom. The van der Waals surface area contributed by atoms with Crippen molar-refractivity contribution < 1.29 is 9.21 Å². The zero-order chi connectivity index (χ0) is 19.0. The summed E-state index contributed by atoms with van der Waals surface area (Å²) in [5, 5.41) is 1.76. The molecule has 3 nitrogen and oxygen atoms in total. The van der Waals surface area contributed by atoms with Crippen molar-refractivity contribution in [2.45, 2.75) is 6.92 Å². The third kappa shape index (κ3) is 3.88. The molecular weight excluding hydrogens is 401 g/mol. The summed E-state index contributed by atoms with van der Waals surface area (Å²) in [4.78, 5) is 16.9. The van der Waals surface area contributed by atoms with E-state index >= 15 is 0 Å². The predicted octanol–water partition coefficient (Wildman–Crippen LogP) is 6.62. The van der Waals surface area contributed by atoms with Crippen LogP contribution in [0.25, 0.3) is 17.4 Å². The first-order valence-electron chi connectivity index (χ1n) is 8.14. The summed E-state index contributed by atoms with van der Waals surface area (Å²) in [5.74, 6) is 0.906. The van der Waals surface area contributed by atoms with Crippen LogP contribution in [-0.4, -0.2) is 11.0 Å². The van der Waals surface area contributed by atoms with Crippen molar-refractivity contribution >= 4 is 52.0 Å². The van der Waals surface area contributed by atoms with Crippen molar-refractivity contribution in [3.63, 3.8) is 0 Å². The third-order valence-corrected chi connectivity index (χ3v) is 5.60. The van der Waals surface area contributed by atoms with Crippen LogP contribution in [0.4, 0.5) is 0 Å². The molecule has 2 aromatic carbocycles. The number of thioether (sulfide) groups is 1. The highest BCUT2D eigenvalue weighted by molar-refractivity contribution is 8.19. The normalized spacial score (nSPS) is 15.4. The van der Waals surface area contributed by atoms with Gasteiger partial charge >= 0.3 is 0 Å². The number of rotatable bonds is 3. The summed E-state index contributed by atoms with van der Waals surface area (Å²) < 4.78 is 5.84. The van der Waals surface area contributed by atoms with Gasteiger partial charge in [-0.05, 0) is 37.3 Å². The molecule has 0 aliphatic carbocycles. The van der Waals surface area contributed by atoms with E-state index < -0.39 is 0 Å². The quantitative estimate of drug-likeness (QED) is 0.452. The number of nitrogens with zero attached hydrogens (tertiary/aromatic N) is 1. The van der Waals surface area contributed by atoms with Crippen LogP contribution in [0, 0.1) is 6.92 Å². The number of carbonyl (C=O) groups excluding carboxylic acids is 1. The van der Waals surface area contributed by atoms with E-state index in [-0.39, 0.29) is 5.91 Å². The minimum atomic E-state index is -0.266. The van der Waals surface area contributed by atoms with E-state index in [0.717, 1.165) is 16.7 Å². The van der Waals surface area contributed by atoms with Gasteiger partial charge in [0.1, 0.15) is 16.6 Å². The monoisotopic (exact) mass is 413 g/mol. The molecule has 1 aliphatic rings. The minimum Gasteiger partial charge on any atom is -0.457 e. The number of hydrogen-bond donors (Lipinski definition) is 0. The number of carbonyl (C=O) groups is 1. The number of furan rings is 1. The first kappa shape index (κ1) is 18.1. The fourth-order valence-corrected chi connectivity index (χ4v) is 4.02. The summed E-state index contributed by atoms with van der Waals surface area (Å²) >= 11 is 13.5. The summed E-state index contributed by atoms with van der Waals surface area (Å²) in [6, 6.07) is 16.7. The zero-order valence-electron chi connectivity index (χ0n) is 14.2. The van der Waals surface area contributed by atoms with Crippen molar-refractivity contribution in [1.82, 2.24) is 0 Å². The summed E-state index contributed by atoms with van der Waals surface area (Å²) in [6.45, 7) is 2.02. The lowest BCUT2D eigenvalue weighted by atomic mass is 10.2. The average Bonchev–Trinajstić information content (AvgIpc) is 3.23. The molecule has 1 aliphatic heterocycles. The standard InChI is InChI=1S/C21H13Cl2NO2S/c1-12-2-4-13(5-3-12)21-24-20(25)19(27-21)11-15-7-9-18(26-15)16-8-6-14(22)10-17(16)23/h2-11H,1H3. The van der Waals surface area contributed by atoms with Gasteiger partial charge in [0.2, 0.25) is 0 Å². The van der Waals surface area contributed by atoms with Crippen molar-refractivity contribution in [2.75, 3.05) is 0 Å². The van der Waals surface area contributed by atoms with Crippen molar-refractivity contribution in [3.05, 3.63) is 86.4 Å². The molecule has 27 heavy (non-hydrogen) atoms. The Labute approximate surface area is 170 Å². The summed E-state index contributed by atoms with van der Waals surface area (Å²) in [5.41, 5.74) is 2.83. The third-order valence-electron chi connectivity index (χ3n) is 4.02. The highest BCUT2D eigenvalue weighted by Crippen LogP contribution is 2.35. The molecule has 0 atom stereocenters. The Balaban J connectivity index is 1.57. The van der Waals surface area contributed by atoms with Crippen molar-refractivity contribution in [3.8, 4) is 11.3 Å². The average molecular weight is 414 g/mol. The highest BCUT2D eigenvalue weighted by Gasteiger charge is 2.23. The molecule has 1 amide bonds. The maximum Gasteiger partial charge on any atom is 0.285 e. The van der Waals surface area contributed by atoms with Gasteiger partial charge in [-0.2, -0.15) is 0 Å².